The number of rotatable bonds is 5. The van der Waals surface area contributed by atoms with Gasteiger partial charge in [0.05, 0.1) is 11.0 Å². The molecule has 0 radical (unpaired) electrons. The number of benzene rings is 10. The second-order valence-corrected chi connectivity index (χ2v) is 19.5. The number of nitrogens with zero attached hydrogens (tertiary/aromatic N) is 1. The Morgan fingerprint density at radius 1 is 0.383 bits per heavy atom. The molecular weight excluding hydrogens is 746 g/mol. The average molecular weight is 786 g/mol. The van der Waals surface area contributed by atoms with Crippen LogP contribution in [0.25, 0.3) is 82.1 Å². The molecule has 11 aromatic rings. The van der Waals surface area contributed by atoms with Gasteiger partial charge < -0.3 is 9.13 Å². The van der Waals surface area contributed by atoms with E-state index in [0.717, 1.165) is 32.7 Å². The van der Waals surface area contributed by atoms with Crippen LogP contribution in [-0.2, 0) is 9.98 Å². The first-order valence-corrected chi connectivity index (χ1v) is 22.5. The summed E-state index contributed by atoms with van der Waals surface area (Å²) in [6.07, 6.45) is 0. The minimum atomic E-state index is -3.06. The van der Waals surface area contributed by atoms with Gasteiger partial charge in [-0.15, -0.1) is 0 Å². The summed E-state index contributed by atoms with van der Waals surface area (Å²) in [7, 11) is -3.06. The summed E-state index contributed by atoms with van der Waals surface area (Å²) in [6, 6.07) is 73.4. The Morgan fingerprint density at radius 3 is 1.52 bits per heavy atom. The fourth-order valence-electron chi connectivity index (χ4n) is 10.4. The number of hydrogen-bond acceptors (Lipinski definition) is 1. The Balaban J connectivity index is 1.06. The van der Waals surface area contributed by atoms with Crippen LogP contribution in [0.2, 0.25) is 0 Å². The van der Waals surface area contributed by atoms with E-state index in [1.54, 1.807) is 0 Å². The molecule has 0 amide bonds. The second kappa shape index (κ2) is 13.0. The van der Waals surface area contributed by atoms with E-state index in [-0.39, 0.29) is 5.41 Å². The first-order chi connectivity index (χ1) is 29.4. The molecule has 0 spiro atoms. The maximum Gasteiger partial charge on any atom is 0.171 e. The van der Waals surface area contributed by atoms with Gasteiger partial charge in [0, 0.05) is 43.2 Å². The van der Waals surface area contributed by atoms with Gasteiger partial charge in [-0.1, -0.05) is 190 Å². The highest BCUT2D eigenvalue weighted by atomic mass is 31.2. The van der Waals surface area contributed by atoms with Gasteiger partial charge in [0.15, 0.2) is 7.14 Å². The van der Waals surface area contributed by atoms with Crippen molar-refractivity contribution in [3.05, 3.63) is 217 Å². The quantitative estimate of drug-likeness (QED) is 0.126. The van der Waals surface area contributed by atoms with E-state index in [9.17, 15) is 0 Å². The smallest absolute Gasteiger partial charge is 0.171 e. The highest BCUT2D eigenvalue weighted by Crippen LogP contribution is 2.52. The summed E-state index contributed by atoms with van der Waals surface area (Å²) < 4.78 is 17.5. The van der Waals surface area contributed by atoms with E-state index in [1.807, 2.05) is 60.7 Å². The average Bonchev–Trinajstić information content (AvgIpc) is 3.76. The summed E-state index contributed by atoms with van der Waals surface area (Å²) in [5.74, 6) is 0. The Labute approximate surface area is 349 Å². The molecule has 0 fully saturated rings. The first-order valence-electron chi connectivity index (χ1n) is 20.8. The molecule has 12 rings (SSSR count). The highest BCUT2D eigenvalue weighted by molar-refractivity contribution is 7.85. The van der Waals surface area contributed by atoms with Crippen LogP contribution in [0.5, 0.6) is 0 Å². The molecule has 0 bridgehead atoms. The summed E-state index contributed by atoms with van der Waals surface area (Å²) >= 11 is 0. The minimum Gasteiger partial charge on any atom is -0.309 e. The lowest BCUT2D eigenvalue weighted by molar-refractivity contribution is 0.592. The molecule has 0 saturated carbocycles. The van der Waals surface area contributed by atoms with Crippen molar-refractivity contribution in [2.24, 2.45) is 0 Å². The molecule has 2 nitrogen and oxygen atoms in total. The zero-order valence-electron chi connectivity index (χ0n) is 33.4. The predicted molar refractivity (Wildman–Crippen MR) is 256 cm³/mol. The van der Waals surface area contributed by atoms with Crippen LogP contribution in [-0.4, -0.2) is 4.57 Å². The van der Waals surface area contributed by atoms with Gasteiger partial charge in [-0.3, -0.25) is 0 Å². The molecule has 0 saturated heterocycles. The van der Waals surface area contributed by atoms with Crippen LogP contribution in [0.4, 0.5) is 0 Å². The molecule has 1 aromatic heterocycles. The topological polar surface area (TPSA) is 22.0 Å². The van der Waals surface area contributed by atoms with Crippen molar-refractivity contribution in [3.8, 4) is 27.9 Å². The van der Waals surface area contributed by atoms with Gasteiger partial charge in [0.2, 0.25) is 0 Å². The van der Waals surface area contributed by atoms with Crippen molar-refractivity contribution >= 4 is 77.2 Å². The van der Waals surface area contributed by atoms with E-state index >= 15 is 4.57 Å². The molecule has 3 heteroatoms. The normalized spacial score (nSPS) is 13.4. The summed E-state index contributed by atoms with van der Waals surface area (Å²) in [4.78, 5) is 0. The third-order valence-electron chi connectivity index (χ3n) is 13.3. The van der Waals surface area contributed by atoms with Crippen LogP contribution < -0.4 is 15.9 Å². The predicted octanol–water partition coefficient (Wildman–Crippen LogP) is 13.9. The lowest BCUT2D eigenvalue weighted by atomic mass is 9.82. The van der Waals surface area contributed by atoms with Crippen molar-refractivity contribution in [1.82, 2.24) is 4.57 Å². The summed E-state index contributed by atoms with van der Waals surface area (Å²) in [5, 5.41) is 12.8. The van der Waals surface area contributed by atoms with E-state index < -0.39 is 7.14 Å². The van der Waals surface area contributed by atoms with Crippen molar-refractivity contribution < 1.29 is 4.57 Å². The van der Waals surface area contributed by atoms with Gasteiger partial charge in [-0.25, -0.2) is 0 Å². The van der Waals surface area contributed by atoms with Crippen LogP contribution in [0.3, 0.4) is 0 Å². The molecule has 60 heavy (non-hydrogen) atoms. The van der Waals surface area contributed by atoms with Crippen molar-refractivity contribution in [2.75, 3.05) is 0 Å². The van der Waals surface area contributed by atoms with Gasteiger partial charge in [-0.2, -0.15) is 0 Å². The largest absolute Gasteiger partial charge is 0.309 e. The zero-order chi connectivity index (χ0) is 40.2. The highest BCUT2D eigenvalue weighted by Gasteiger charge is 2.36. The van der Waals surface area contributed by atoms with E-state index in [4.69, 9.17) is 0 Å². The van der Waals surface area contributed by atoms with Crippen molar-refractivity contribution in [2.45, 2.75) is 19.3 Å². The fraction of sp³-hybridized carbons (Fsp3) is 0.0526. The summed E-state index contributed by atoms with van der Waals surface area (Å²) in [5.41, 5.74) is 11.0. The standard InChI is InChI=1S/C57H40NOP/c1-57(2)51-24-14-13-22-46(51)49-35-50-54(36-52(49)57)58(53-34-33-48-45-21-10-9-19-43(45)44-20-11-12-23-47(44)55(48)56(50)53)39-29-25-37(26-30-39)38-27-31-42(32-28-38)60(59,40-15-5-3-6-16-40)41-17-7-4-8-18-41/h3-36H,1-2H3. The Kier molecular flexibility index (Phi) is 7.59. The fourth-order valence-corrected chi connectivity index (χ4v) is 13.0. The molecule has 1 aliphatic carbocycles. The maximum atomic E-state index is 15.0. The van der Waals surface area contributed by atoms with Gasteiger partial charge in [-0.05, 0) is 90.6 Å². The molecular formula is C57H40NOP. The van der Waals surface area contributed by atoms with Crippen molar-refractivity contribution in [3.63, 3.8) is 0 Å². The van der Waals surface area contributed by atoms with Crippen LogP contribution in [0.15, 0.2) is 206 Å². The number of hydrogen-bond donors (Lipinski definition) is 0. The molecule has 1 aliphatic rings. The zero-order valence-corrected chi connectivity index (χ0v) is 34.3. The lowest BCUT2D eigenvalue weighted by Crippen LogP contribution is -2.24. The van der Waals surface area contributed by atoms with E-state index in [1.165, 1.54) is 76.4 Å². The van der Waals surface area contributed by atoms with E-state index in [2.05, 4.69) is 164 Å². The monoisotopic (exact) mass is 785 g/mol. The molecule has 1 heterocycles. The molecule has 0 N–H and O–H groups in total. The number of aromatic nitrogens is 1. The first kappa shape index (κ1) is 35.0. The third-order valence-corrected chi connectivity index (χ3v) is 16.3. The minimum absolute atomic E-state index is 0.132. The van der Waals surface area contributed by atoms with Crippen molar-refractivity contribution in [1.29, 1.82) is 0 Å². The third kappa shape index (κ3) is 4.92. The second-order valence-electron chi connectivity index (χ2n) is 16.8. The molecule has 284 valence electrons. The SMILES string of the molecule is CC1(C)c2ccccc2-c2cc3c4c5c6ccccc6c6ccccc6c5ccc4n(-c4ccc(-c5ccc(P(=O)(c6ccccc6)c6ccccc6)cc5)cc4)c3cc21. The molecule has 0 atom stereocenters. The van der Waals surface area contributed by atoms with Gasteiger partial charge in [0.1, 0.15) is 0 Å². The van der Waals surface area contributed by atoms with Crippen LogP contribution >= 0.6 is 7.14 Å². The number of fused-ring (bicyclic) bond motifs is 13. The maximum absolute atomic E-state index is 15.0. The molecule has 10 aromatic carbocycles. The van der Waals surface area contributed by atoms with E-state index in [0.29, 0.717) is 0 Å². The Bertz CT molecular complexity index is 3490. The molecule has 0 unspecified atom stereocenters. The lowest BCUT2D eigenvalue weighted by Gasteiger charge is -2.21. The summed E-state index contributed by atoms with van der Waals surface area (Å²) in [6.45, 7) is 4.73. The van der Waals surface area contributed by atoms with Gasteiger partial charge >= 0.3 is 0 Å². The van der Waals surface area contributed by atoms with Crippen LogP contribution in [0.1, 0.15) is 25.0 Å². The Morgan fingerprint density at radius 2 is 0.883 bits per heavy atom. The van der Waals surface area contributed by atoms with Gasteiger partial charge in [0.25, 0.3) is 0 Å². The Hall–Kier alpha value is -6.99. The van der Waals surface area contributed by atoms with Crippen LogP contribution in [0, 0.1) is 0 Å². The molecule has 0 aliphatic heterocycles.